The smallest absolute Gasteiger partial charge is 0.129 e. The van der Waals surface area contributed by atoms with Crippen molar-refractivity contribution in [2.24, 2.45) is 0 Å². The van der Waals surface area contributed by atoms with Gasteiger partial charge in [-0.15, -0.1) is 5.10 Å². The second kappa shape index (κ2) is 5.58. The van der Waals surface area contributed by atoms with Gasteiger partial charge >= 0.3 is 0 Å². The van der Waals surface area contributed by atoms with Crippen LogP contribution in [0.3, 0.4) is 0 Å². The molecule has 1 atom stereocenters. The number of aromatic nitrogens is 5. The lowest BCUT2D eigenvalue weighted by molar-refractivity contribution is 0.502. The van der Waals surface area contributed by atoms with E-state index in [1.54, 1.807) is 12.4 Å². The average molecular weight is 234 g/mol. The molecule has 0 spiro atoms. The van der Waals surface area contributed by atoms with E-state index in [1.165, 1.54) is 0 Å². The van der Waals surface area contributed by atoms with Gasteiger partial charge in [-0.25, -0.2) is 9.67 Å². The summed E-state index contributed by atoms with van der Waals surface area (Å²) in [6.45, 7) is 5.94. The Kier molecular flexibility index (Phi) is 3.87. The highest BCUT2D eigenvalue weighted by Gasteiger charge is 2.19. The molecular weight excluding hydrogens is 216 g/mol. The number of rotatable bonds is 6. The molecule has 0 aliphatic rings. The molecule has 2 N–H and O–H groups in total. The second-order valence-corrected chi connectivity index (χ2v) is 3.85. The number of hydrogen-bond donors (Lipinski definition) is 2. The summed E-state index contributed by atoms with van der Waals surface area (Å²) in [5.41, 5.74) is 1.05. The van der Waals surface area contributed by atoms with E-state index in [2.05, 4.69) is 39.4 Å². The van der Waals surface area contributed by atoms with Gasteiger partial charge in [-0.1, -0.05) is 19.1 Å². The molecule has 0 radical (unpaired) electrons. The Balaban J connectivity index is 2.29. The van der Waals surface area contributed by atoms with Gasteiger partial charge in [-0.2, -0.15) is 0 Å². The van der Waals surface area contributed by atoms with Crippen molar-refractivity contribution in [3.05, 3.63) is 30.1 Å². The number of imidazole rings is 1. The molecule has 0 saturated heterocycles. The van der Waals surface area contributed by atoms with Crippen LogP contribution in [-0.2, 0) is 6.54 Å². The lowest BCUT2D eigenvalue weighted by atomic mass is 10.2. The first-order valence-corrected chi connectivity index (χ1v) is 5.97. The van der Waals surface area contributed by atoms with Crippen LogP contribution >= 0.6 is 0 Å². The van der Waals surface area contributed by atoms with Gasteiger partial charge in [0.05, 0.1) is 11.9 Å². The SMILES string of the molecule is CCCn1nncc1C(NCC)c1ncc[nH]1. The number of hydrogen-bond acceptors (Lipinski definition) is 4. The summed E-state index contributed by atoms with van der Waals surface area (Å²) in [6.07, 6.45) is 6.42. The fraction of sp³-hybridized carbons (Fsp3) is 0.545. The zero-order valence-electron chi connectivity index (χ0n) is 10.2. The van der Waals surface area contributed by atoms with Gasteiger partial charge in [0.2, 0.25) is 0 Å². The summed E-state index contributed by atoms with van der Waals surface area (Å²) in [4.78, 5) is 7.44. The minimum absolute atomic E-state index is 0.0246. The molecule has 0 fully saturated rings. The molecule has 2 aromatic heterocycles. The molecule has 0 saturated carbocycles. The Bertz CT molecular complexity index is 433. The fourth-order valence-corrected chi connectivity index (χ4v) is 1.86. The number of aromatic amines is 1. The highest BCUT2D eigenvalue weighted by atomic mass is 15.4. The lowest BCUT2D eigenvalue weighted by Crippen LogP contribution is -2.26. The first kappa shape index (κ1) is 11.8. The molecular formula is C11H18N6. The summed E-state index contributed by atoms with van der Waals surface area (Å²) < 4.78 is 1.93. The summed E-state index contributed by atoms with van der Waals surface area (Å²) >= 11 is 0. The molecule has 92 valence electrons. The standard InChI is InChI=1S/C11H18N6/c1-3-7-17-9(8-15-16-17)10(12-4-2)11-13-5-6-14-11/h5-6,8,10,12H,3-4,7H2,1-2H3,(H,13,14). The van der Waals surface area contributed by atoms with E-state index < -0.39 is 0 Å². The molecule has 6 nitrogen and oxygen atoms in total. The van der Waals surface area contributed by atoms with Crippen LogP contribution in [0.25, 0.3) is 0 Å². The molecule has 0 aliphatic carbocycles. The van der Waals surface area contributed by atoms with Crippen LogP contribution in [0.15, 0.2) is 18.6 Å². The quantitative estimate of drug-likeness (QED) is 0.785. The molecule has 0 aliphatic heterocycles. The molecule has 1 unspecified atom stereocenters. The van der Waals surface area contributed by atoms with Crippen LogP contribution in [0.2, 0.25) is 0 Å². The van der Waals surface area contributed by atoms with Crippen molar-refractivity contribution >= 4 is 0 Å². The monoisotopic (exact) mass is 234 g/mol. The number of H-pyrrole nitrogens is 1. The van der Waals surface area contributed by atoms with Gasteiger partial charge in [0, 0.05) is 18.9 Å². The predicted octanol–water partition coefficient (Wildman–Crippen LogP) is 1.11. The number of aryl methyl sites for hydroxylation is 1. The summed E-state index contributed by atoms with van der Waals surface area (Å²) in [5.74, 6) is 0.895. The Morgan fingerprint density at radius 3 is 3.00 bits per heavy atom. The van der Waals surface area contributed by atoms with Crippen molar-refractivity contribution in [1.29, 1.82) is 0 Å². The van der Waals surface area contributed by atoms with Crippen LogP contribution < -0.4 is 5.32 Å². The first-order chi connectivity index (χ1) is 8.36. The van der Waals surface area contributed by atoms with E-state index in [0.29, 0.717) is 0 Å². The summed E-state index contributed by atoms with van der Waals surface area (Å²) in [7, 11) is 0. The minimum atomic E-state index is 0.0246. The molecule has 2 rings (SSSR count). The van der Waals surface area contributed by atoms with Crippen molar-refractivity contribution < 1.29 is 0 Å². The Labute approximate surface area is 100 Å². The topological polar surface area (TPSA) is 71.4 Å². The van der Waals surface area contributed by atoms with Crippen molar-refractivity contribution in [1.82, 2.24) is 30.3 Å². The van der Waals surface area contributed by atoms with Gasteiger partial charge in [0.15, 0.2) is 0 Å². The molecule has 2 heterocycles. The van der Waals surface area contributed by atoms with E-state index >= 15 is 0 Å². The maximum Gasteiger partial charge on any atom is 0.129 e. The number of nitrogens with zero attached hydrogens (tertiary/aromatic N) is 4. The molecule has 0 bridgehead atoms. The second-order valence-electron chi connectivity index (χ2n) is 3.85. The third-order valence-electron chi connectivity index (χ3n) is 2.58. The fourth-order valence-electron chi connectivity index (χ4n) is 1.86. The van der Waals surface area contributed by atoms with E-state index in [1.807, 2.05) is 10.9 Å². The third-order valence-corrected chi connectivity index (χ3v) is 2.58. The molecule has 0 aromatic carbocycles. The van der Waals surface area contributed by atoms with Gasteiger partial charge in [0.1, 0.15) is 11.9 Å². The highest BCUT2D eigenvalue weighted by molar-refractivity contribution is 5.14. The molecule has 17 heavy (non-hydrogen) atoms. The van der Waals surface area contributed by atoms with E-state index in [0.717, 1.165) is 31.0 Å². The normalized spacial score (nSPS) is 12.8. The van der Waals surface area contributed by atoms with Gasteiger partial charge < -0.3 is 10.3 Å². The van der Waals surface area contributed by atoms with E-state index in [-0.39, 0.29) is 6.04 Å². The maximum absolute atomic E-state index is 4.31. The average Bonchev–Trinajstić information content (AvgIpc) is 2.97. The van der Waals surface area contributed by atoms with Gasteiger partial charge in [-0.05, 0) is 13.0 Å². The Morgan fingerprint density at radius 1 is 1.47 bits per heavy atom. The van der Waals surface area contributed by atoms with Crippen LogP contribution in [0, 0.1) is 0 Å². The molecule has 6 heteroatoms. The van der Waals surface area contributed by atoms with Crippen molar-refractivity contribution in [3.8, 4) is 0 Å². The van der Waals surface area contributed by atoms with E-state index in [9.17, 15) is 0 Å². The predicted molar refractivity (Wildman–Crippen MR) is 64.4 cm³/mol. The zero-order chi connectivity index (χ0) is 12.1. The molecule has 2 aromatic rings. The largest absolute Gasteiger partial charge is 0.347 e. The van der Waals surface area contributed by atoms with Crippen LogP contribution in [-0.4, -0.2) is 31.5 Å². The highest BCUT2D eigenvalue weighted by Crippen LogP contribution is 2.17. The van der Waals surface area contributed by atoms with Crippen LogP contribution in [0.4, 0.5) is 0 Å². The Morgan fingerprint density at radius 2 is 2.35 bits per heavy atom. The van der Waals surface area contributed by atoms with Crippen LogP contribution in [0.5, 0.6) is 0 Å². The van der Waals surface area contributed by atoms with Crippen molar-refractivity contribution in [3.63, 3.8) is 0 Å². The van der Waals surface area contributed by atoms with Gasteiger partial charge in [0.25, 0.3) is 0 Å². The summed E-state index contributed by atoms with van der Waals surface area (Å²) in [6, 6.07) is 0.0246. The lowest BCUT2D eigenvalue weighted by Gasteiger charge is -2.16. The number of nitrogens with one attached hydrogen (secondary N) is 2. The van der Waals surface area contributed by atoms with Crippen molar-refractivity contribution in [2.45, 2.75) is 32.9 Å². The van der Waals surface area contributed by atoms with Gasteiger partial charge in [-0.3, -0.25) is 0 Å². The molecule has 0 amide bonds. The van der Waals surface area contributed by atoms with Crippen LogP contribution in [0.1, 0.15) is 37.8 Å². The van der Waals surface area contributed by atoms with Crippen molar-refractivity contribution in [2.75, 3.05) is 6.54 Å². The third kappa shape index (κ3) is 2.52. The minimum Gasteiger partial charge on any atom is -0.347 e. The van der Waals surface area contributed by atoms with E-state index in [4.69, 9.17) is 0 Å². The first-order valence-electron chi connectivity index (χ1n) is 5.97. The zero-order valence-corrected chi connectivity index (χ0v) is 10.2. The Hall–Kier alpha value is -1.69. The maximum atomic E-state index is 4.31. The summed E-state index contributed by atoms with van der Waals surface area (Å²) in [5, 5.41) is 11.5.